The van der Waals surface area contributed by atoms with Crippen LogP contribution in [0.2, 0.25) is 0 Å². The van der Waals surface area contributed by atoms with Gasteiger partial charge in [0.25, 0.3) is 0 Å². The van der Waals surface area contributed by atoms with E-state index >= 15 is 0 Å². The predicted octanol–water partition coefficient (Wildman–Crippen LogP) is 4.20. The van der Waals surface area contributed by atoms with Crippen molar-refractivity contribution in [3.05, 3.63) is 95.9 Å². The molecule has 0 bridgehead atoms. The van der Waals surface area contributed by atoms with Gasteiger partial charge in [-0.1, -0.05) is 47.7 Å². The first-order valence-electron chi connectivity index (χ1n) is 9.49. The standard InChI is InChI=1S/C23H17FN4O2/c24-16-10-12-17(13-11-16)25-20(29)14-28-22-18-8-4-5-9-19(18)30-23(21(22)26-27-28)15-6-2-1-3-7-15/h1-13,23H,14H2,(H,25,29)/t23-/m0/s1. The Balaban J connectivity index is 1.49. The minimum absolute atomic E-state index is 0.0322. The number of nitrogens with zero attached hydrogens (tertiary/aromatic N) is 3. The van der Waals surface area contributed by atoms with Crippen LogP contribution in [0.3, 0.4) is 0 Å². The normalized spacial score (nSPS) is 14.4. The Labute approximate surface area is 171 Å². The molecule has 1 N–H and O–H groups in total. The van der Waals surface area contributed by atoms with E-state index in [1.165, 1.54) is 24.3 Å². The summed E-state index contributed by atoms with van der Waals surface area (Å²) in [5.41, 5.74) is 3.71. The van der Waals surface area contributed by atoms with Crippen LogP contribution in [0.25, 0.3) is 11.3 Å². The monoisotopic (exact) mass is 400 g/mol. The third-order valence-corrected chi connectivity index (χ3v) is 4.92. The number of carbonyl (C=O) groups is 1. The molecule has 1 aliphatic rings. The van der Waals surface area contributed by atoms with Gasteiger partial charge in [0, 0.05) is 11.3 Å². The molecule has 0 unspecified atom stereocenters. The zero-order chi connectivity index (χ0) is 20.5. The Morgan fingerprint density at radius 2 is 1.73 bits per heavy atom. The largest absolute Gasteiger partial charge is 0.478 e. The number of hydrogen-bond acceptors (Lipinski definition) is 4. The molecular formula is C23H17FN4O2. The molecule has 0 fully saturated rings. The van der Waals surface area contributed by atoms with Crippen molar-refractivity contribution in [2.45, 2.75) is 12.6 Å². The molecular weight excluding hydrogens is 383 g/mol. The first kappa shape index (κ1) is 18.1. The van der Waals surface area contributed by atoms with E-state index in [1.807, 2.05) is 54.6 Å². The molecule has 2 heterocycles. The fraction of sp³-hybridized carbons (Fsp3) is 0.0870. The van der Waals surface area contributed by atoms with Crippen LogP contribution in [-0.2, 0) is 11.3 Å². The molecule has 7 heteroatoms. The second kappa shape index (κ2) is 7.44. The van der Waals surface area contributed by atoms with Crippen LogP contribution in [0, 0.1) is 5.82 Å². The van der Waals surface area contributed by atoms with Crippen LogP contribution in [0.4, 0.5) is 10.1 Å². The van der Waals surface area contributed by atoms with E-state index in [9.17, 15) is 9.18 Å². The zero-order valence-corrected chi connectivity index (χ0v) is 15.8. The number of nitrogens with one attached hydrogen (secondary N) is 1. The summed E-state index contributed by atoms with van der Waals surface area (Å²) in [6.07, 6.45) is -0.412. The summed E-state index contributed by atoms with van der Waals surface area (Å²) in [6, 6.07) is 23.0. The smallest absolute Gasteiger partial charge is 0.246 e. The van der Waals surface area contributed by atoms with E-state index in [4.69, 9.17) is 4.74 Å². The number of rotatable bonds is 4. The lowest BCUT2D eigenvalue weighted by Gasteiger charge is -2.26. The van der Waals surface area contributed by atoms with Gasteiger partial charge in [-0.2, -0.15) is 0 Å². The Morgan fingerprint density at radius 3 is 2.53 bits per heavy atom. The third-order valence-electron chi connectivity index (χ3n) is 4.92. The van der Waals surface area contributed by atoms with Gasteiger partial charge in [0.05, 0.1) is 0 Å². The molecule has 1 aliphatic heterocycles. The topological polar surface area (TPSA) is 69.0 Å². The van der Waals surface area contributed by atoms with Gasteiger partial charge in [-0.3, -0.25) is 4.79 Å². The number of amides is 1. The summed E-state index contributed by atoms with van der Waals surface area (Å²) in [6.45, 7) is -0.0322. The number of aromatic nitrogens is 3. The van der Waals surface area contributed by atoms with Crippen LogP contribution in [-0.4, -0.2) is 20.9 Å². The first-order chi connectivity index (χ1) is 14.7. The SMILES string of the molecule is O=C(Cn1nnc2c1-c1ccccc1O[C@H]2c1ccccc1)Nc1ccc(F)cc1. The van der Waals surface area contributed by atoms with Crippen molar-refractivity contribution < 1.29 is 13.9 Å². The highest BCUT2D eigenvalue weighted by Gasteiger charge is 2.33. The molecule has 0 aliphatic carbocycles. The van der Waals surface area contributed by atoms with E-state index in [0.717, 1.165) is 16.8 Å². The summed E-state index contributed by atoms with van der Waals surface area (Å²) in [5.74, 6) is 0.0674. The van der Waals surface area contributed by atoms with E-state index in [2.05, 4.69) is 15.6 Å². The second-order valence-corrected chi connectivity index (χ2v) is 6.94. The van der Waals surface area contributed by atoms with Crippen molar-refractivity contribution in [3.63, 3.8) is 0 Å². The number of fused-ring (bicyclic) bond motifs is 3. The van der Waals surface area contributed by atoms with Gasteiger partial charge in [0.2, 0.25) is 5.91 Å². The first-order valence-corrected chi connectivity index (χ1v) is 9.49. The number of hydrogen-bond donors (Lipinski definition) is 1. The predicted molar refractivity (Wildman–Crippen MR) is 109 cm³/mol. The van der Waals surface area contributed by atoms with Gasteiger partial charge < -0.3 is 10.1 Å². The van der Waals surface area contributed by atoms with Crippen molar-refractivity contribution in [1.29, 1.82) is 0 Å². The summed E-state index contributed by atoms with van der Waals surface area (Å²) in [7, 11) is 0. The lowest BCUT2D eigenvalue weighted by atomic mass is 9.98. The zero-order valence-electron chi connectivity index (χ0n) is 15.8. The average Bonchev–Trinajstić information content (AvgIpc) is 3.19. The van der Waals surface area contributed by atoms with Crippen LogP contribution >= 0.6 is 0 Å². The molecule has 5 rings (SSSR count). The van der Waals surface area contributed by atoms with Gasteiger partial charge in [-0.05, 0) is 42.0 Å². The van der Waals surface area contributed by atoms with Gasteiger partial charge in [-0.15, -0.1) is 5.10 Å². The van der Waals surface area contributed by atoms with Gasteiger partial charge >= 0.3 is 0 Å². The molecule has 0 saturated heterocycles. The minimum atomic E-state index is -0.412. The Hall–Kier alpha value is -4.00. The summed E-state index contributed by atoms with van der Waals surface area (Å²) in [5, 5.41) is 11.3. The molecule has 3 aromatic carbocycles. The van der Waals surface area contributed by atoms with Crippen LogP contribution < -0.4 is 10.1 Å². The minimum Gasteiger partial charge on any atom is -0.478 e. The van der Waals surface area contributed by atoms with E-state index in [-0.39, 0.29) is 18.3 Å². The second-order valence-electron chi connectivity index (χ2n) is 6.94. The maximum Gasteiger partial charge on any atom is 0.246 e. The molecule has 30 heavy (non-hydrogen) atoms. The van der Waals surface area contributed by atoms with Crippen molar-refractivity contribution in [2.24, 2.45) is 0 Å². The molecule has 0 spiro atoms. The fourth-order valence-corrected chi connectivity index (χ4v) is 3.56. The molecule has 1 aromatic heterocycles. The van der Waals surface area contributed by atoms with Gasteiger partial charge in [-0.25, -0.2) is 9.07 Å². The van der Waals surface area contributed by atoms with Crippen molar-refractivity contribution in [3.8, 4) is 17.0 Å². The van der Waals surface area contributed by atoms with Gasteiger partial charge in [0.15, 0.2) is 6.10 Å². The quantitative estimate of drug-likeness (QED) is 0.557. The summed E-state index contributed by atoms with van der Waals surface area (Å²) in [4.78, 5) is 12.6. The van der Waals surface area contributed by atoms with Gasteiger partial charge in [0.1, 0.15) is 29.5 Å². The summed E-state index contributed by atoms with van der Waals surface area (Å²) < 4.78 is 20.9. The Morgan fingerprint density at radius 1 is 1.00 bits per heavy atom. The lowest BCUT2D eigenvalue weighted by molar-refractivity contribution is -0.116. The maximum absolute atomic E-state index is 13.1. The molecule has 4 aromatic rings. The van der Waals surface area contributed by atoms with Crippen molar-refractivity contribution >= 4 is 11.6 Å². The lowest BCUT2D eigenvalue weighted by Crippen LogP contribution is -2.22. The Bertz CT molecular complexity index is 1210. The molecule has 148 valence electrons. The molecule has 1 atom stereocenters. The van der Waals surface area contributed by atoms with E-state index < -0.39 is 6.10 Å². The number of halogens is 1. The van der Waals surface area contributed by atoms with Crippen molar-refractivity contribution in [1.82, 2.24) is 15.0 Å². The number of para-hydroxylation sites is 1. The number of benzene rings is 3. The van der Waals surface area contributed by atoms with Crippen molar-refractivity contribution in [2.75, 3.05) is 5.32 Å². The summed E-state index contributed by atoms with van der Waals surface area (Å²) >= 11 is 0. The molecule has 0 radical (unpaired) electrons. The van der Waals surface area contributed by atoms with Crippen LogP contribution in [0.1, 0.15) is 17.4 Å². The van der Waals surface area contributed by atoms with Crippen LogP contribution in [0.15, 0.2) is 78.9 Å². The third kappa shape index (κ3) is 3.30. The fourth-order valence-electron chi connectivity index (χ4n) is 3.56. The maximum atomic E-state index is 13.1. The highest BCUT2D eigenvalue weighted by Crippen LogP contribution is 2.43. The highest BCUT2D eigenvalue weighted by molar-refractivity contribution is 5.91. The number of anilines is 1. The highest BCUT2D eigenvalue weighted by atomic mass is 19.1. The number of carbonyl (C=O) groups excluding carboxylic acids is 1. The van der Waals surface area contributed by atoms with Crippen LogP contribution in [0.5, 0.6) is 5.75 Å². The Kier molecular flexibility index (Phi) is 4.48. The molecule has 6 nitrogen and oxygen atoms in total. The van der Waals surface area contributed by atoms with E-state index in [0.29, 0.717) is 17.1 Å². The molecule has 0 saturated carbocycles. The molecule has 1 amide bonds. The number of ether oxygens (including phenoxy) is 1. The average molecular weight is 400 g/mol. The van der Waals surface area contributed by atoms with E-state index in [1.54, 1.807) is 4.68 Å².